The van der Waals surface area contributed by atoms with Crippen molar-refractivity contribution in [2.24, 2.45) is 17.3 Å². The number of rotatable bonds is 13. The molecule has 0 saturated heterocycles. The Labute approximate surface area is 183 Å². The number of allylic oxidation sites excluding steroid dienone is 2. The Kier molecular flexibility index (Phi) is 11.0. The van der Waals surface area contributed by atoms with Crippen LogP contribution in [-0.4, -0.2) is 51.5 Å². The van der Waals surface area contributed by atoms with Crippen LogP contribution in [0.5, 0.6) is 0 Å². The second-order valence-corrected chi connectivity index (χ2v) is 9.48. The highest BCUT2D eigenvalue weighted by Gasteiger charge is 2.40. The molecular weight excluding hydrogens is 378 g/mol. The van der Waals surface area contributed by atoms with Crippen LogP contribution >= 0.6 is 0 Å². The Balaban J connectivity index is 1.80. The molecule has 5 heteroatoms. The normalized spacial score (nSPS) is 31.1. The van der Waals surface area contributed by atoms with Crippen LogP contribution in [-0.2, 0) is 0 Å². The van der Waals surface area contributed by atoms with Crippen molar-refractivity contribution in [3.8, 4) is 0 Å². The first-order chi connectivity index (χ1) is 14.4. The molecule has 2 fully saturated rings. The van der Waals surface area contributed by atoms with Crippen molar-refractivity contribution in [1.82, 2.24) is 5.32 Å². The van der Waals surface area contributed by atoms with E-state index < -0.39 is 24.5 Å². The molecule has 0 amide bonds. The molecule has 1 unspecified atom stereocenters. The molecule has 2 aliphatic carbocycles. The molecule has 174 valence electrons. The number of nitrogens with one attached hydrogen (secondary N) is 1. The molecule has 0 heterocycles. The molecule has 5 N–H and O–H groups in total. The summed E-state index contributed by atoms with van der Waals surface area (Å²) in [6.45, 7) is 4.87. The first-order valence-electron chi connectivity index (χ1n) is 12.2. The Morgan fingerprint density at radius 3 is 2.47 bits per heavy atom. The van der Waals surface area contributed by atoms with Crippen molar-refractivity contribution in [3.63, 3.8) is 0 Å². The first kappa shape index (κ1) is 25.5. The molecule has 0 aliphatic heterocycles. The second-order valence-electron chi connectivity index (χ2n) is 9.48. The number of aliphatic hydroxyl groups is 4. The summed E-state index contributed by atoms with van der Waals surface area (Å²) in [6, 6.07) is 0. The molecule has 30 heavy (non-hydrogen) atoms. The third-order valence-corrected chi connectivity index (χ3v) is 7.25. The van der Waals surface area contributed by atoms with Crippen LogP contribution in [0, 0.1) is 17.3 Å². The van der Waals surface area contributed by atoms with Crippen LogP contribution < -0.4 is 5.32 Å². The van der Waals surface area contributed by atoms with Crippen molar-refractivity contribution in [3.05, 3.63) is 24.3 Å². The summed E-state index contributed by atoms with van der Waals surface area (Å²) in [6.07, 6.45) is 16.6. The van der Waals surface area contributed by atoms with E-state index in [2.05, 4.69) is 17.5 Å². The molecule has 0 aromatic rings. The van der Waals surface area contributed by atoms with Crippen molar-refractivity contribution in [1.29, 1.82) is 0 Å². The van der Waals surface area contributed by atoms with Gasteiger partial charge in [0.2, 0.25) is 0 Å². The minimum absolute atomic E-state index is 0.00178. The van der Waals surface area contributed by atoms with Crippen LogP contribution in [0.2, 0.25) is 0 Å². The van der Waals surface area contributed by atoms with E-state index in [0.29, 0.717) is 6.42 Å². The first-order valence-corrected chi connectivity index (χ1v) is 12.2. The highest BCUT2D eigenvalue weighted by Crippen LogP contribution is 2.44. The van der Waals surface area contributed by atoms with Crippen LogP contribution in [0.4, 0.5) is 0 Å². The smallest absolute Gasteiger partial charge is 0.110 e. The van der Waals surface area contributed by atoms with Gasteiger partial charge >= 0.3 is 0 Å². The molecule has 0 aromatic carbocycles. The summed E-state index contributed by atoms with van der Waals surface area (Å²) >= 11 is 0. The van der Waals surface area contributed by atoms with Gasteiger partial charge in [0, 0.05) is 17.8 Å². The largest absolute Gasteiger partial charge is 0.393 e. The predicted octanol–water partition coefficient (Wildman–Crippen LogP) is 3.67. The molecule has 0 aromatic heterocycles. The van der Waals surface area contributed by atoms with Gasteiger partial charge in [0.25, 0.3) is 0 Å². The minimum Gasteiger partial charge on any atom is -0.393 e. The van der Waals surface area contributed by atoms with Crippen LogP contribution in [0.3, 0.4) is 0 Å². The van der Waals surface area contributed by atoms with Crippen molar-refractivity contribution >= 4 is 0 Å². The molecule has 0 spiro atoms. The van der Waals surface area contributed by atoms with Crippen LogP contribution in [0.25, 0.3) is 0 Å². The lowest BCUT2D eigenvalue weighted by Crippen LogP contribution is -2.43. The van der Waals surface area contributed by atoms with Gasteiger partial charge in [-0.05, 0) is 57.4 Å². The zero-order valence-electron chi connectivity index (χ0n) is 19.0. The number of aliphatic hydroxyl groups excluding tert-OH is 4. The number of unbranched alkanes of at least 4 members (excludes halogenated alkanes) is 1. The summed E-state index contributed by atoms with van der Waals surface area (Å²) in [5.41, 5.74) is 0.0326. The predicted molar refractivity (Wildman–Crippen MR) is 122 cm³/mol. The lowest BCUT2D eigenvalue weighted by atomic mass is 9.79. The van der Waals surface area contributed by atoms with Crippen molar-refractivity contribution in [2.75, 3.05) is 6.54 Å². The molecule has 0 bridgehead atoms. The zero-order valence-corrected chi connectivity index (χ0v) is 19.0. The number of hydrogen-bond acceptors (Lipinski definition) is 5. The molecular formula is C25H45NO4. The quantitative estimate of drug-likeness (QED) is 0.177. The second kappa shape index (κ2) is 13.0. The highest BCUT2D eigenvalue weighted by atomic mass is 16.3. The summed E-state index contributed by atoms with van der Waals surface area (Å²) in [4.78, 5) is 0. The fourth-order valence-corrected chi connectivity index (χ4v) is 5.45. The van der Waals surface area contributed by atoms with E-state index in [1.807, 2.05) is 19.9 Å². The average Bonchev–Trinajstić information content (AvgIpc) is 3.29. The van der Waals surface area contributed by atoms with E-state index >= 15 is 0 Å². The molecule has 2 rings (SSSR count). The summed E-state index contributed by atoms with van der Waals surface area (Å²) < 4.78 is 0. The topological polar surface area (TPSA) is 93.0 Å². The van der Waals surface area contributed by atoms with E-state index in [4.69, 9.17) is 0 Å². The Bertz CT molecular complexity index is 529. The van der Waals surface area contributed by atoms with E-state index in [9.17, 15) is 20.4 Å². The fraction of sp³-hybridized carbons (Fsp3) is 0.840. The van der Waals surface area contributed by atoms with Gasteiger partial charge in [-0.3, -0.25) is 5.32 Å². The fourth-order valence-electron chi connectivity index (χ4n) is 5.45. The van der Waals surface area contributed by atoms with Gasteiger partial charge in [-0.2, -0.15) is 0 Å². The Morgan fingerprint density at radius 1 is 1.07 bits per heavy atom. The lowest BCUT2D eigenvalue weighted by molar-refractivity contribution is -0.00368. The molecule has 2 saturated carbocycles. The standard InChI is InChI=1S/C25H45NO4/c1-3-11-19(27)13-14-21-20(22(28)18-23(21)29)12-7-5-6-8-15-25(16-9-10-17-25)24(30)26-4-2/h5,7,13-14,19-24,26-30H,3-4,6,8-12,15-18H2,1-2H3/b7-5-,14-13+/t19-,20+,21+,22-,23+,24?/m0/s1. The maximum absolute atomic E-state index is 10.5. The zero-order chi connectivity index (χ0) is 22.0. The van der Waals surface area contributed by atoms with Gasteiger partial charge < -0.3 is 20.4 Å². The van der Waals surface area contributed by atoms with Crippen LogP contribution in [0.1, 0.15) is 84.5 Å². The van der Waals surface area contributed by atoms with E-state index in [1.165, 1.54) is 12.8 Å². The third kappa shape index (κ3) is 7.16. The Morgan fingerprint density at radius 2 is 1.80 bits per heavy atom. The van der Waals surface area contributed by atoms with Gasteiger partial charge in [-0.15, -0.1) is 0 Å². The lowest BCUT2D eigenvalue weighted by Gasteiger charge is -2.34. The van der Waals surface area contributed by atoms with Gasteiger partial charge in [0.15, 0.2) is 0 Å². The highest BCUT2D eigenvalue weighted by molar-refractivity contribution is 5.06. The number of hydrogen-bond donors (Lipinski definition) is 5. The van der Waals surface area contributed by atoms with Gasteiger partial charge in [-0.25, -0.2) is 0 Å². The van der Waals surface area contributed by atoms with Crippen LogP contribution in [0.15, 0.2) is 24.3 Å². The van der Waals surface area contributed by atoms with Crippen molar-refractivity contribution in [2.45, 2.75) is 109 Å². The monoisotopic (exact) mass is 423 g/mol. The van der Waals surface area contributed by atoms with E-state index in [-0.39, 0.29) is 17.3 Å². The van der Waals surface area contributed by atoms with Gasteiger partial charge in [0.05, 0.1) is 18.3 Å². The SMILES string of the molecule is CCC[C@H](O)/C=C/[C@@H]1[C@@H](C/C=C\CCCC2(C(O)NCC)CCCC2)[C@@H](O)C[C@H]1O. The third-order valence-electron chi connectivity index (χ3n) is 7.25. The minimum atomic E-state index is -0.543. The van der Waals surface area contributed by atoms with E-state index in [0.717, 1.165) is 57.9 Å². The maximum atomic E-state index is 10.5. The molecule has 6 atom stereocenters. The maximum Gasteiger partial charge on any atom is 0.110 e. The summed E-state index contributed by atoms with van der Waals surface area (Å²) in [5.74, 6) is -0.105. The van der Waals surface area contributed by atoms with Gasteiger partial charge in [0.1, 0.15) is 6.23 Å². The van der Waals surface area contributed by atoms with Gasteiger partial charge in [-0.1, -0.05) is 57.4 Å². The van der Waals surface area contributed by atoms with E-state index in [1.54, 1.807) is 6.08 Å². The molecule has 5 nitrogen and oxygen atoms in total. The molecule has 0 radical (unpaired) electrons. The molecule has 2 aliphatic rings. The van der Waals surface area contributed by atoms with Crippen molar-refractivity contribution < 1.29 is 20.4 Å². The summed E-state index contributed by atoms with van der Waals surface area (Å²) in [7, 11) is 0. The Hall–Kier alpha value is -0.720. The average molecular weight is 424 g/mol. The summed E-state index contributed by atoms with van der Waals surface area (Å²) in [5, 5.41) is 44.4.